The maximum absolute atomic E-state index is 13.4. The van der Waals surface area contributed by atoms with E-state index in [0.29, 0.717) is 48.5 Å². The van der Waals surface area contributed by atoms with Crippen molar-refractivity contribution in [3.05, 3.63) is 29.1 Å². The van der Waals surface area contributed by atoms with Crippen molar-refractivity contribution >= 4 is 38.6 Å². The Hall–Kier alpha value is -2.60. The standard InChI is InChI=1S/C20H24F3N5O3S/c1-11(20(21,22)23)28-10-13-8-14(15-9-24-19(32(15)3)25-12(2)29)26-17(16(13)18(28)30)27-4-6-31-7-5-27/h8-9,11,32H,4-7,10H2,1-3H3,(H,24,25,29). The van der Waals surface area contributed by atoms with Crippen LogP contribution in [0.15, 0.2) is 17.3 Å². The van der Waals surface area contributed by atoms with E-state index in [1.807, 2.05) is 11.2 Å². The Labute approximate surface area is 185 Å². The molecule has 2 atom stereocenters. The summed E-state index contributed by atoms with van der Waals surface area (Å²) in [6.07, 6.45) is -0.975. The summed E-state index contributed by atoms with van der Waals surface area (Å²) in [6, 6.07) is -0.232. The third-order valence-electron chi connectivity index (χ3n) is 5.69. The van der Waals surface area contributed by atoms with Gasteiger partial charge in [-0.05, 0) is 24.8 Å². The zero-order valence-electron chi connectivity index (χ0n) is 17.9. The number of amides is 2. The quantitative estimate of drug-likeness (QED) is 0.661. The Morgan fingerprint density at radius 2 is 2.00 bits per heavy atom. The first-order chi connectivity index (χ1) is 15.1. The topological polar surface area (TPSA) is 87.1 Å². The summed E-state index contributed by atoms with van der Waals surface area (Å²) in [5, 5.41) is 3.26. The van der Waals surface area contributed by atoms with Crippen LogP contribution in [0.2, 0.25) is 0 Å². The Morgan fingerprint density at radius 1 is 1.31 bits per heavy atom. The summed E-state index contributed by atoms with van der Waals surface area (Å²) in [7, 11) is -0.995. The number of anilines is 1. The first-order valence-electron chi connectivity index (χ1n) is 10.1. The molecule has 1 saturated heterocycles. The predicted octanol–water partition coefficient (Wildman–Crippen LogP) is 2.26. The number of pyridine rings is 1. The van der Waals surface area contributed by atoms with E-state index in [0.717, 1.165) is 16.7 Å². The van der Waals surface area contributed by atoms with Crippen LogP contribution >= 0.6 is 10.9 Å². The SMILES string of the molecule is CC(=O)NC1=NC=C(c2cc3c(c(N4CCOCC4)n2)C(=O)N(C(C)C(F)(F)F)C3)[SH]1C. The van der Waals surface area contributed by atoms with Crippen LogP contribution in [0.1, 0.15) is 35.5 Å². The van der Waals surface area contributed by atoms with E-state index in [9.17, 15) is 22.8 Å². The van der Waals surface area contributed by atoms with Crippen LogP contribution in [0.5, 0.6) is 0 Å². The van der Waals surface area contributed by atoms with Crippen molar-refractivity contribution in [3.63, 3.8) is 0 Å². The number of halogens is 3. The van der Waals surface area contributed by atoms with Crippen LogP contribution in [0, 0.1) is 0 Å². The Kier molecular flexibility index (Phi) is 5.93. The molecule has 0 bridgehead atoms. The number of hydrogen-bond acceptors (Lipinski definition) is 6. The number of hydrogen-bond donors (Lipinski definition) is 2. The van der Waals surface area contributed by atoms with Gasteiger partial charge in [-0.25, -0.2) is 9.98 Å². The fraction of sp³-hybridized carbons (Fsp3) is 0.500. The summed E-state index contributed by atoms with van der Waals surface area (Å²) < 4.78 is 45.5. The van der Waals surface area contributed by atoms with E-state index < -0.39 is 29.0 Å². The number of nitrogens with one attached hydrogen (secondary N) is 1. The lowest BCUT2D eigenvalue weighted by atomic mass is 10.1. The average molecular weight is 472 g/mol. The molecule has 0 spiro atoms. The van der Waals surface area contributed by atoms with Gasteiger partial charge in [0.15, 0.2) is 5.17 Å². The number of thiol groups is 1. The monoisotopic (exact) mass is 471 g/mol. The average Bonchev–Trinajstić information content (AvgIpc) is 3.26. The van der Waals surface area contributed by atoms with Crippen molar-refractivity contribution in [3.8, 4) is 0 Å². The highest BCUT2D eigenvalue weighted by molar-refractivity contribution is 8.36. The molecule has 4 rings (SSSR count). The molecule has 0 radical (unpaired) electrons. The lowest BCUT2D eigenvalue weighted by molar-refractivity contribution is -0.172. The van der Waals surface area contributed by atoms with Gasteiger partial charge in [0.1, 0.15) is 11.9 Å². The highest BCUT2D eigenvalue weighted by Crippen LogP contribution is 2.45. The Bertz CT molecular complexity index is 1020. The van der Waals surface area contributed by atoms with E-state index in [2.05, 4.69) is 10.3 Å². The van der Waals surface area contributed by atoms with Gasteiger partial charge >= 0.3 is 6.18 Å². The minimum atomic E-state index is -4.53. The van der Waals surface area contributed by atoms with Gasteiger partial charge in [0.25, 0.3) is 5.91 Å². The molecule has 2 unspecified atom stereocenters. The molecule has 1 aromatic heterocycles. The smallest absolute Gasteiger partial charge is 0.378 e. The van der Waals surface area contributed by atoms with Gasteiger partial charge in [-0.2, -0.15) is 24.1 Å². The third-order valence-corrected chi connectivity index (χ3v) is 7.62. The second-order valence-electron chi connectivity index (χ2n) is 7.82. The summed E-state index contributed by atoms with van der Waals surface area (Å²) in [5.74, 6) is -0.522. The molecule has 1 N–H and O–H groups in total. The molecule has 3 aliphatic heterocycles. The number of rotatable bonds is 3. The van der Waals surface area contributed by atoms with Gasteiger partial charge in [-0.3, -0.25) is 9.59 Å². The first kappa shape index (κ1) is 22.6. The number of fused-ring (bicyclic) bond motifs is 1. The van der Waals surface area contributed by atoms with Gasteiger partial charge in [-0.15, -0.1) is 0 Å². The molecule has 4 heterocycles. The maximum atomic E-state index is 13.4. The van der Waals surface area contributed by atoms with Crippen LogP contribution in [0.4, 0.5) is 19.0 Å². The van der Waals surface area contributed by atoms with Crippen molar-refractivity contribution < 1.29 is 27.5 Å². The van der Waals surface area contributed by atoms with Crippen molar-refractivity contribution in [1.82, 2.24) is 15.2 Å². The number of amidine groups is 1. The molecule has 2 amide bonds. The summed E-state index contributed by atoms with van der Waals surface area (Å²) in [4.78, 5) is 37.0. The molecule has 3 aliphatic rings. The van der Waals surface area contributed by atoms with E-state index in [-0.39, 0.29) is 18.0 Å². The van der Waals surface area contributed by atoms with Crippen LogP contribution in [-0.2, 0) is 16.1 Å². The van der Waals surface area contributed by atoms with Crippen LogP contribution in [0.3, 0.4) is 0 Å². The number of aromatic nitrogens is 1. The highest BCUT2D eigenvalue weighted by Gasteiger charge is 2.46. The second kappa shape index (κ2) is 8.39. The molecule has 1 fully saturated rings. The number of ether oxygens (including phenoxy) is 1. The maximum Gasteiger partial charge on any atom is 0.408 e. The number of morpholine rings is 1. The molecular weight excluding hydrogens is 447 g/mol. The number of carbonyl (C=O) groups is 2. The molecule has 0 aromatic carbocycles. The van der Waals surface area contributed by atoms with Gasteiger partial charge in [0.2, 0.25) is 5.91 Å². The summed E-state index contributed by atoms with van der Waals surface area (Å²) >= 11 is 0. The minimum absolute atomic E-state index is 0.143. The number of carbonyl (C=O) groups excluding carboxylic acids is 2. The summed E-state index contributed by atoms with van der Waals surface area (Å²) in [6.45, 7) is 4.10. The molecule has 1 aromatic rings. The molecule has 0 saturated carbocycles. The normalized spacial score (nSPS) is 23.1. The molecule has 32 heavy (non-hydrogen) atoms. The lowest BCUT2D eigenvalue weighted by Crippen LogP contribution is -2.44. The third kappa shape index (κ3) is 4.08. The van der Waals surface area contributed by atoms with Gasteiger partial charge in [-0.1, -0.05) is 0 Å². The molecule has 12 heteroatoms. The van der Waals surface area contributed by atoms with Gasteiger partial charge in [0.05, 0.1) is 24.5 Å². The predicted molar refractivity (Wildman–Crippen MR) is 117 cm³/mol. The van der Waals surface area contributed by atoms with Crippen LogP contribution < -0.4 is 10.2 Å². The van der Waals surface area contributed by atoms with Crippen molar-refractivity contribution in [2.75, 3.05) is 37.5 Å². The number of aliphatic imine (C=N–C) groups is 1. The van der Waals surface area contributed by atoms with Crippen LogP contribution in [0.25, 0.3) is 4.91 Å². The lowest BCUT2D eigenvalue weighted by Gasteiger charge is -2.30. The Balaban J connectivity index is 1.73. The molecule has 0 aliphatic carbocycles. The number of nitrogens with zero attached hydrogens (tertiary/aromatic N) is 4. The molecular formula is C20H24F3N5O3S. The largest absolute Gasteiger partial charge is 0.408 e. The van der Waals surface area contributed by atoms with E-state index in [4.69, 9.17) is 9.72 Å². The van der Waals surface area contributed by atoms with Gasteiger partial charge in [0, 0.05) is 37.7 Å². The second-order valence-corrected chi connectivity index (χ2v) is 9.85. The fourth-order valence-electron chi connectivity index (χ4n) is 3.89. The zero-order valence-corrected chi connectivity index (χ0v) is 18.8. The molecule has 8 nitrogen and oxygen atoms in total. The van der Waals surface area contributed by atoms with Crippen molar-refractivity contribution in [2.24, 2.45) is 4.99 Å². The highest BCUT2D eigenvalue weighted by atomic mass is 32.2. The molecule has 174 valence electrons. The van der Waals surface area contributed by atoms with E-state index in [1.54, 1.807) is 12.3 Å². The zero-order chi connectivity index (χ0) is 23.2. The fourth-order valence-corrected chi connectivity index (χ4v) is 5.36. The van der Waals surface area contributed by atoms with E-state index in [1.165, 1.54) is 6.92 Å². The van der Waals surface area contributed by atoms with Crippen LogP contribution in [-0.4, -0.2) is 71.6 Å². The Morgan fingerprint density at radius 3 is 2.62 bits per heavy atom. The first-order valence-corrected chi connectivity index (χ1v) is 11.9. The van der Waals surface area contributed by atoms with Crippen molar-refractivity contribution in [2.45, 2.75) is 32.6 Å². The minimum Gasteiger partial charge on any atom is -0.378 e. The van der Waals surface area contributed by atoms with E-state index >= 15 is 0 Å². The number of alkyl halides is 3. The van der Waals surface area contributed by atoms with Crippen molar-refractivity contribution in [1.29, 1.82) is 0 Å². The van der Waals surface area contributed by atoms with Gasteiger partial charge < -0.3 is 19.9 Å². The summed E-state index contributed by atoms with van der Waals surface area (Å²) in [5.41, 5.74) is 1.28.